The van der Waals surface area contributed by atoms with Crippen LogP contribution in [0.5, 0.6) is 0 Å². The molecular weight excluding hydrogens is 192 g/mol. The number of nitrogens with zero attached hydrogens (tertiary/aromatic N) is 1. The molecule has 0 aromatic rings. The molecule has 4 heteroatoms. The van der Waals surface area contributed by atoms with Gasteiger partial charge in [0.2, 0.25) is 0 Å². The molecule has 0 spiro atoms. The zero-order chi connectivity index (χ0) is 10.8. The van der Waals surface area contributed by atoms with Crippen LogP contribution in [0.1, 0.15) is 19.8 Å². The van der Waals surface area contributed by atoms with E-state index in [-0.39, 0.29) is 6.04 Å². The summed E-state index contributed by atoms with van der Waals surface area (Å²) in [7, 11) is 2.15. The SMILES string of the molecule is CC1OCCC1N(C)C1COCCC1N. The first-order valence-electron chi connectivity index (χ1n) is 5.87. The third kappa shape index (κ3) is 2.33. The van der Waals surface area contributed by atoms with Crippen LogP contribution in [0.2, 0.25) is 0 Å². The van der Waals surface area contributed by atoms with Gasteiger partial charge in [-0.25, -0.2) is 0 Å². The van der Waals surface area contributed by atoms with Crippen LogP contribution < -0.4 is 5.73 Å². The molecule has 2 rings (SSSR count). The van der Waals surface area contributed by atoms with Crippen molar-refractivity contribution in [1.29, 1.82) is 0 Å². The second kappa shape index (κ2) is 4.78. The predicted molar refractivity (Wildman–Crippen MR) is 58.8 cm³/mol. The second-order valence-electron chi connectivity index (χ2n) is 4.69. The Kier molecular flexibility index (Phi) is 3.61. The summed E-state index contributed by atoms with van der Waals surface area (Å²) >= 11 is 0. The molecule has 0 aliphatic carbocycles. The third-order valence-corrected chi connectivity index (χ3v) is 3.76. The van der Waals surface area contributed by atoms with Crippen LogP contribution in [0.25, 0.3) is 0 Å². The summed E-state index contributed by atoms with van der Waals surface area (Å²) in [5.74, 6) is 0. The Hall–Kier alpha value is -0.160. The van der Waals surface area contributed by atoms with E-state index in [0.717, 1.165) is 32.7 Å². The van der Waals surface area contributed by atoms with E-state index in [0.29, 0.717) is 18.2 Å². The summed E-state index contributed by atoms with van der Waals surface area (Å²) in [5.41, 5.74) is 6.13. The maximum Gasteiger partial charge on any atom is 0.0703 e. The van der Waals surface area contributed by atoms with Gasteiger partial charge in [0.25, 0.3) is 0 Å². The quantitative estimate of drug-likeness (QED) is 0.714. The van der Waals surface area contributed by atoms with Gasteiger partial charge in [0, 0.05) is 31.3 Å². The van der Waals surface area contributed by atoms with Gasteiger partial charge in [-0.15, -0.1) is 0 Å². The minimum atomic E-state index is 0.247. The fourth-order valence-corrected chi connectivity index (χ4v) is 2.66. The first-order chi connectivity index (χ1) is 7.20. The topological polar surface area (TPSA) is 47.7 Å². The van der Waals surface area contributed by atoms with E-state index >= 15 is 0 Å². The van der Waals surface area contributed by atoms with Crippen molar-refractivity contribution in [2.45, 2.75) is 44.0 Å². The molecule has 0 radical (unpaired) electrons. The Morgan fingerprint density at radius 3 is 2.60 bits per heavy atom. The molecule has 2 aliphatic heterocycles. The summed E-state index contributed by atoms with van der Waals surface area (Å²) in [6.45, 7) is 4.59. The molecule has 0 saturated carbocycles. The molecule has 4 unspecified atom stereocenters. The van der Waals surface area contributed by atoms with Crippen molar-refractivity contribution in [2.75, 3.05) is 26.9 Å². The molecule has 4 nitrogen and oxygen atoms in total. The Bertz CT molecular complexity index is 213. The monoisotopic (exact) mass is 214 g/mol. The lowest BCUT2D eigenvalue weighted by molar-refractivity contribution is -0.0129. The summed E-state index contributed by atoms with van der Waals surface area (Å²) in [6.07, 6.45) is 2.40. The Labute approximate surface area is 91.7 Å². The van der Waals surface area contributed by atoms with E-state index in [1.807, 2.05) is 0 Å². The molecule has 2 saturated heterocycles. The second-order valence-corrected chi connectivity index (χ2v) is 4.69. The van der Waals surface area contributed by atoms with Crippen molar-refractivity contribution < 1.29 is 9.47 Å². The molecule has 15 heavy (non-hydrogen) atoms. The summed E-state index contributed by atoms with van der Waals surface area (Å²) in [4.78, 5) is 2.36. The maximum atomic E-state index is 6.13. The fraction of sp³-hybridized carbons (Fsp3) is 1.00. The van der Waals surface area contributed by atoms with Crippen LogP contribution in [-0.2, 0) is 9.47 Å². The molecule has 2 aliphatic rings. The van der Waals surface area contributed by atoms with Gasteiger partial charge in [-0.1, -0.05) is 0 Å². The highest BCUT2D eigenvalue weighted by Gasteiger charge is 2.35. The number of likely N-dealkylation sites (N-methyl/N-ethyl adjacent to an activating group) is 1. The van der Waals surface area contributed by atoms with Crippen LogP contribution >= 0.6 is 0 Å². The van der Waals surface area contributed by atoms with Crippen molar-refractivity contribution in [3.8, 4) is 0 Å². The molecule has 2 N–H and O–H groups in total. The van der Waals surface area contributed by atoms with Crippen molar-refractivity contribution in [1.82, 2.24) is 4.90 Å². The average molecular weight is 214 g/mol. The van der Waals surface area contributed by atoms with Gasteiger partial charge < -0.3 is 15.2 Å². The Morgan fingerprint density at radius 1 is 1.20 bits per heavy atom. The van der Waals surface area contributed by atoms with E-state index in [4.69, 9.17) is 15.2 Å². The van der Waals surface area contributed by atoms with Crippen molar-refractivity contribution >= 4 is 0 Å². The minimum Gasteiger partial charge on any atom is -0.380 e. The van der Waals surface area contributed by atoms with Gasteiger partial charge in [0.1, 0.15) is 0 Å². The number of rotatable bonds is 2. The Balaban J connectivity index is 1.96. The molecule has 0 bridgehead atoms. The third-order valence-electron chi connectivity index (χ3n) is 3.76. The van der Waals surface area contributed by atoms with Gasteiger partial charge in [-0.3, -0.25) is 4.90 Å². The van der Waals surface area contributed by atoms with Crippen LogP contribution in [0.4, 0.5) is 0 Å². The van der Waals surface area contributed by atoms with E-state index in [9.17, 15) is 0 Å². The highest BCUT2D eigenvalue weighted by molar-refractivity contribution is 4.90. The molecular formula is C11H22N2O2. The van der Waals surface area contributed by atoms with Crippen LogP contribution in [0, 0.1) is 0 Å². The molecule has 0 aromatic carbocycles. The molecule has 88 valence electrons. The zero-order valence-electron chi connectivity index (χ0n) is 9.69. The number of hydrogen-bond donors (Lipinski definition) is 1. The number of nitrogens with two attached hydrogens (primary N) is 1. The average Bonchev–Trinajstić information content (AvgIpc) is 2.64. The Morgan fingerprint density at radius 2 is 2.00 bits per heavy atom. The summed E-state index contributed by atoms with van der Waals surface area (Å²) in [5, 5.41) is 0. The molecule has 2 heterocycles. The first-order valence-corrected chi connectivity index (χ1v) is 5.87. The molecule has 2 fully saturated rings. The normalized spacial score (nSPS) is 42.4. The smallest absolute Gasteiger partial charge is 0.0703 e. The van der Waals surface area contributed by atoms with Crippen molar-refractivity contribution in [3.63, 3.8) is 0 Å². The van der Waals surface area contributed by atoms with Gasteiger partial charge >= 0.3 is 0 Å². The summed E-state index contributed by atoms with van der Waals surface area (Å²) < 4.78 is 11.1. The lowest BCUT2D eigenvalue weighted by atomic mass is 10.00. The van der Waals surface area contributed by atoms with E-state index in [1.54, 1.807) is 0 Å². The fourth-order valence-electron chi connectivity index (χ4n) is 2.66. The molecule has 0 aromatic heterocycles. The lowest BCUT2D eigenvalue weighted by Gasteiger charge is -2.39. The summed E-state index contributed by atoms with van der Waals surface area (Å²) in [6, 6.07) is 1.10. The van der Waals surface area contributed by atoms with Crippen molar-refractivity contribution in [2.24, 2.45) is 5.73 Å². The van der Waals surface area contributed by atoms with E-state index < -0.39 is 0 Å². The zero-order valence-corrected chi connectivity index (χ0v) is 9.69. The number of ether oxygens (including phenoxy) is 2. The van der Waals surface area contributed by atoms with E-state index in [2.05, 4.69) is 18.9 Å². The standard InChI is InChI=1S/C11H22N2O2/c1-8-10(4-6-15-8)13(2)11-7-14-5-3-9(11)12/h8-11H,3-7,12H2,1-2H3. The number of hydrogen-bond acceptors (Lipinski definition) is 4. The maximum absolute atomic E-state index is 6.13. The van der Waals surface area contributed by atoms with Crippen LogP contribution in [-0.4, -0.2) is 56.0 Å². The van der Waals surface area contributed by atoms with Crippen LogP contribution in [0.15, 0.2) is 0 Å². The highest BCUT2D eigenvalue weighted by Crippen LogP contribution is 2.22. The van der Waals surface area contributed by atoms with Gasteiger partial charge in [0.05, 0.1) is 12.7 Å². The largest absolute Gasteiger partial charge is 0.380 e. The van der Waals surface area contributed by atoms with Gasteiger partial charge in [0.15, 0.2) is 0 Å². The first kappa shape index (κ1) is 11.3. The minimum absolute atomic E-state index is 0.247. The van der Waals surface area contributed by atoms with Gasteiger partial charge in [-0.05, 0) is 26.8 Å². The lowest BCUT2D eigenvalue weighted by Crippen LogP contribution is -2.56. The van der Waals surface area contributed by atoms with Crippen LogP contribution in [0.3, 0.4) is 0 Å². The van der Waals surface area contributed by atoms with Crippen molar-refractivity contribution in [3.05, 3.63) is 0 Å². The molecule has 0 amide bonds. The van der Waals surface area contributed by atoms with E-state index in [1.165, 1.54) is 0 Å². The molecule has 4 atom stereocenters. The highest BCUT2D eigenvalue weighted by atomic mass is 16.5. The predicted octanol–water partition coefficient (Wildman–Crippen LogP) is 0.212. The van der Waals surface area contributed by atoms with Gasteiger partial charge in [-0.2, -0.15) is 0 Å².